The van der Waals surface area contributed by atoms with Gasteiger partial charge in [0.25, 0.3) is 11.8 Å². The average Bonchev–Trinajstić information content (AvgIpc) is 3.06. The van der Waals surface area contributed by atoms with Gasteiger partial charge >= 0.3 is 6.18 Å². The fraction of sp³-hybridized carbons (Fsp3) is 0.211. The number of pyridine rings is 4. The Hall–Kier alpha value is -5.75. The third kappa shape index (κ3) is 6.49. The van der Waals surface area contributed by atoms with Gasteiger partial charge in [0, 0.05) is 46.1 Å². The van der Waals surface area contributed by atoms with Crippen molar-refractivity contribution >= 4 is 33.6 Å². The number of halogens is 3. The Bertz CT molecular complexity index is 2330. The number of aliphatic hydroxyl groups is 1. The van der Waals surface area contributed by atoms with Crippen molar-refractivity contribution in [2.45, 2.75) is 52.4 Å². The maximum absolute atomic E-state index is 13.4. The predicted octanol–water partition coefficient (Wildman–Crippen LogP) is 7.20. The van der Waals surface area contributed by atoms with Gasteiger partial charge in [0.1, 0.15) is 11.4 Å². The van der Waals surface area contributed by atoms with Crippen molar-refractivity contribution < 1.29 is 27.9 Å². The first-order valence-corrected chi connectivity index (χ1v) is 15.7. The normalized spacial score (nSPS) is 12.7. The summed E-state index contributed by atoms with van der Waals surface area (Å²) < 4.78 is 40.2. The molecule has 0 spiro atoms. The molecule has 2 aromatic carbocycles. The molecule has 0 fully saturated rings. The van der Waals surface area contributed by atoms with E-state index in [-0.39, 0.29) is 11.4 Å². The van der Waals surface area contributed by atoms with E-state index in [0.717, 1.165) is 34.2 Å². The first-order valence-electron chi connectivity index (χ1n) is 15.7. The van der Waals surface area contributed by atoms with E-state index in [0.29, 0.717) is 44.4 Å². The summed E-state index contributed by atoms with van der Waals surface area (Å²) in [6.07, 6.45) is 0.390. The van der Waals surface area contributed by atoms with E-state index < -0.39 is 35.2 Å². The molecule has 4 aromatic heterocycles. The molecule has 0 aliphatic carbocycles. The molecule has 12 heteroatoms. The molecule has 0 radical (unpaired) electrons. The van der Waals surface area contributed by atoms with Gasteiger partial charge < -0.3 is 16.2 Å². The standard InChI is InChI=1S/C38H33F3N6O3/c1-19-14-22(6-9-25(19)28-17-43-16-23-7-12-31(47-33(23)28)36(49)45-21(3)37(4,5)50)32-27-11-13-30(35(42)48)46-34(27)29(18-44-32)26-10-8-24(15-20(26)2)38(39,40)41/h6-18,21,50H,1-5H3,(H2,42,48)(H,45,49). The number of nitrogens with one attached hydrogen (secondary N) is 1. The molecule has 1 atom stereocenters. The van der Waals surface area contributed by atoms with E-state index in [1.807, 2.05) is 25.1 Å². The second-order valence-corrected chi connectivity index (χ2v) is 12.8. The number of fused-ring (bicyclic) bond motifs is 2. The minimum Gasteiger partial charge on any atom is -0.388 e. The van der Waals surface area contributed by atoms with Crippen molar-refractivity contribution in [3.63, 3.8) is 0 Å². The van der Waals surface area contributed by atoms with E-state index in [1.54, 1.807) is 58.3 Å². The van der Waals surface area contributed by atoms with Gasteiger partial charge in [0.15, 0.2) is 0 Å². The Labute approximate surface area is 285 Å². The number of benzene rings is 2. The molecule has 254 valence electrons. The number of rotatable bonds is 7. The van der Waals surface area contributed by atoms with E-state index in [2.05, 4.69) is 20.3 Å². The highest BCUT2D eigenvalue weighted by molar-refractivity contribution is 6.04. The van der Waals surface area contributed by atoms with Gasteiger partial charge in [0.2, 0.25) is 0 Å². The van der Waals surface area contributed by atoms with Crippen molar-refractivity contribution in [1.29, 1.82) is 0 Å². The predicted molar refractivity (Wildman–Crippen MR) is 185 cm³/mol. The van der Waals surface area contributed by atoms with E-state index in [9.17, 15) is 27.9 Å². The van der Waals surface area contributed by atoms with Gasteiger partial charge in [0.05, 0.1) is 33.9 Å². The molecule has 2 amide bonds. The maximum Gasteiger partial charge on any atom is 0.416 e. The highest BCUT2D eigenvalue weighted by atomic mass is 19.4. The number of alkyl halides is 3. The second kappa shape index (κ2) is 12.6. The van der Waals surface area contributed by atoms with Crippen molar-refractivity contribution in [1.82, 2.24) is 25.3 Å². The zero-order valence-corrected chi connectivity index (χ0v) is 27.8. The zero-order chi connectivity index (χ0) is 36.1. The first-order chi connectivity index (χ1) is 23.5. The number of nitrogens with zero attached hydrogens (tertiary/aromatic N) is 4. The molecule has 6 rings (SSSR count). The molecule has 1 unspecified atom stereocenters. The molecule has 0 bridgehead atoms. The monoisotopic (exact) mass is 678 g/mol. The highest BCUT2D eigenvalue weighted by Gasteiger charge is 2.31. The molecule has 4 N–H and O–H groups in total. The van der Waals surface area contributed by atoms with Crippen LogP contribution in [-0.2, 0) is 6.18 Å². The van der Waals surface area contributed by atoms with E-state index in [4.69, 9.17) is 10.7 Å². The topological polar surface area (TPSA) is 144 Å². The maximum atomic E-state index is 13.4. The van der Waals surface area contributed by atoms with Crippen LogP contribution in [0.25, 0.3) is 55.3 Å². The van der Waals surface area contributed by atoms with Crippen LogP contribution in [0.15, 0.2) is 79.3 Å². The molecule has 0 aliphatic heterocycles. The SMILES string of the molecule is Cc1cc(-c2ncc(-c3ccc(C(F)(F)F)cc3C)c3nc(C(N)=O)ccc23)ccc1-c1cncc2ccc(C(=O)NC(C)C(C)(C)O)nc12. The molecule has 4 heterocycles. The molecular formula is C38H33F3N6O3. The summed E-state index contributed by atoms with van der Waals surface area (Å²) in [6.45, 7) is 8.44. The van der Waals surface area contributed by atoms with Gasteiger partial charge in [-0.2, -0.15) is 13.2 Å². The van der Waals surface area contributed by atoms with Crippen LogP contribution in [0.1, 0.15) is 58.4 Å². The van der Waals surface area contributed by atoms with Crippen LogP contribution in [-0.4, -0.2) is 48.5 Å². The van der Waals surface area contributed by atoms with Gasteiger partial charge in [-0.1, -0.05) is 18.2 Å². The van der Waals surface area contributed by atoms with Crippen molar-refractivity contribution in [2.75, 3.05) is 0 Å². The van der Waals surface area contributed by atoms with Crippen LogP contribution in [0.2, 0.25) is 0 Å². The first kappa shape index (κ1) is 34.1. The summed E-state index contributed by atoms with van der Waals surface area (Å²) >= 11 is 0. The lowest BCUT2D eigenvalue weighted by atomic mass is 9.93. The molecule has 0 aliphatic rings. The minimum absolute atomic E-state index is 0.00512. The number of amides is 2. The molecule has 0 saturated heterocycles. The van der Waals surface area contributed by atoms with Crippen molar-refractivity contribution in [3.05, 3.63) is 107 Å². The number of carbonyl (C=O) groups is 2. The van der Waals surface area contributed by atoms with Gasteiger partial charge in [-0.05, 0) is 99.3 Å². The van der Waals surface area contributed by atoms with Crippen LogP contribution in [0.3, 0.4) is 0 Å². The molecule has 6 aromatic rings. The zero-order valence-electron chi connectivity index (χ0n) is 27.8. The number of aromatic nitrogens is 4. The Balaban J connectivity index is 1.44. The van der Waals surface area contributed by atoms with Gasteiger partial charge in [-0.25, -0.2) is 9.97 Å². The lowest BCUT2D eigenvalue weighted by molar-refractivity contribution is -0.137. The number of hydrogen-bond donors (Lipinski definition) is 3. The van der Waals surface area contributed by atoms with Gasteiger partial charge in [-0.3, -0.25) is 19.6 Å². The smallest absolute Gasteiger partial charge is 0.388 e. The summed E-state index contributed by atoms with van der Waals surface area (Å²) in [4.78, 5) is 43.5. The molecular weight excluding hydrogens is 645 g/mol. The lowest BCUT2D eigenvalue weighted by Gasteiger charge is -2.26. The number of carbonyl (C=O) groups excluding carboxylic acids is 2. The van der Waals surface area contributed by atoms with Crippen LogP contribution < -0.4 is 11.1 Å². The second-order valence-electron chi connectivity index (χ2n) is 12.8. The van der Waals surface area contributed by atoms with Crippen LogP contribution >= 0.6 is 0 Å². The Morgan fingerprint density at radius 3 is 2.08 bits per heavy atom. The Morgan fingerprint density at radius 2 is 1.44 bits per heavy atom. The summed E-state index contributed by atoms with van der Waals surface area (Å²) in [5.41, 5.74) is 9.74. The lowest BCUT2D eigenvalue weighted by Crippen LogP contribution is -2.47. The quantitative estimate of drug-likeness (QED) is 0.162. The summed E-state index contributed by atoms with van der Waals surface area (Å²) in [7, 11) is 0. The summed E-state index contributed by atoms with van der Waals surface area (Å²) in [5, 5.41) is 14.4. The fourth-order valence-corrected chi connectivity index (χ4v) is 5.75. The summed E-state index contributed by atoms with van der Waals surface area (Å²) in [6, 6.07) is 15.2. The summed E-state index contributed by atoms with van der Waals surface area (Å²) in [5.74, 6) is -1.16. The Kier molecular flexibility index (Phi) is 8.61. The molecule has 0 saturated carbocycles. The third-order valence-electron chi connectivity index (χ3n) is 8.85. The van der Waals surface area contributed by atoms with Crippen LogP contribution in [0, 0.1) is 13.8 Å². The fourth-order valence-electron chi connectivity index (χ4n) is 5.75. The van der Waals surface area contributed by atoms with E-state index in [1.165, 1.54) is 18.3 Å². The number of primary amides is 1. The van der Waals surface area contributed by atoms with Gasteiger partial charge in [-0.15, -0.1) is 0 Å². The average molecular weight is 679 g/mol. The van der Waals surface area contributed by atoms with E-state index >= 15 is 0 Å². The molecule has 9 nitrogen and oxygen atoms in total. The van der Waals surface area contributed by atoms with Crippen LogP contribution in [0.4, 0.5) is 13.2 Å². The number of aryl methyl sites for hydroxylation is 2. The van der Waals surface area contributed by atoms with Crippen molar-refractivity contribution in [3.8, 4) is 33.5 Å². The minimum atomic E-state index is -4.50. The largest absolute Gasteiger partial charge is 0.416 e. The third-order valence-corrected chi connectivity index (χ3v) is 8.85. The number of hydrogen-bond acceptors (Lipinski definition) is 7. The van der Waals surface area contributed by atoms with Crippen molar-refractivity contribution in [2.24, 2.45) is 5.73 Å². The highest BCUT2D eigenvalue weighted by Crippen LogP contribution is 2.38. The Morgan fingerprint density at radius 1 is 0.800 bits per heavy atom. The number of nitrogens with two attached hydrogens (primary N) is 1. The van der Waals surface area contributed by atoms with Crippen LogP contribution in [0.5, 0.6) is 0 Å². The molecule has 50 heavy (non-hydrogen) atoms.